The number of nitrogens with one attached hydrogen (secondary N) is 1. The Balaban J connectivity index is 1.58. The Bertz CT molecular complexity index is 691. The number of hydrogen-bond acceptors (Lipinski definition) is 4. The number of carbonyl (C=O) groups excluding carboxylic acids is 1. The first-order valence-electron chi connectivity index (χ1n) is 8.23. The van der Waals surface area contributed by atoms with Gasteiger partial charge in [-0.05, 0) is 42.5 Å². The lowest BCUT2D eigenvalue weighted by molar-refractivity contribution is -0.117. The van der Waals surface area contributed by atoms with Crippen LogP contribution in [0.2, 0.25) is 0 Å². The maximum Gasteiger partial charge on any atom is 0.240 e. The minimum atomic E-state index is -0.271. The smallest absolute Gasteiger partial charge is 0.240 e. The fourth-order valence-corrected chi connectivity index (χ4v) is 4.10. The molecular formula is C18H22FN3OS. The standard InChI is InChI=1S/C18H22FN3OS/c1-12-7-13(2)9-22(8-12)10-17(23)21-18-20-16(11-24-18)14-3-5-15(19)6-4-14/h3-6,11-13H,7-10H2,1-2H3,(H,20,21,23). The molecule has 1 aliphatic rings. The van der Waals surface area contributed by atoms with Crippen molar-refractivity contribution < 1.29 is 9.18 Å². The summed E-state index contributed by atoms with van der Waals surface area (Å²) in [5.74, 6) is 0.960. The van der Waals surface area contributed by atoms with Crippen molar-refractivity contribution in [3.05, 3.63) is 35.5 Å². The maximum absolute atomic E-state index is 13.0. The molecule has 1 aromatic carbocycles. The number of benzene rings is 1. The van der Waals surface area contributed by atoms with Gasteiger partial charge in [-0.15, -0.1) is 11.3 Å². The Labute approximate surface area is 145 Å². The zero-order chi connectivity index (χ0) is 17.1. The highest BCUT2D eigenvalue weighted by Crippen LogP contribution is 2.25. The molecule has 2 unspecified atom stereocenters. The van der Waals surface area contributed by atoms with Crippen molar-refractivity contribution in [1.29, 1.82) is 0 Å². The molecule has 2 atom stereocenters. The molecule has 1 aliphatic heterocycles. The quantitative estimate of drug-likeness (QED) is 0.913. The van der Waals surface area contributed by atoms with Crippen molar-refractivity contribution in [2.75, 3.05) is 25.0 Å². The van der Waals surface area contributed by atoms with Crippen molar-refractivity contribution in [2.45, 2.75) is 20.3 Å². The molecule has 1 saturated heterocycles. The lowest BCUT2D eigenvalue weighted by Gasteiger charge is -2.34. The number of aromatic nitrogens is 1. The predicted molar refractivity (Wildman–Crippen MR) is 95.5 cm³/mol. The van der Waals surface area contributed by atoms with E-state index in [1.807, 2.05) is 5.38 Å². The van der Waals surface area contributed by atoms with E-state index < -0.39 is 0 Å². The summed E-state index contributed by atoms with van der Waals surface area (Å²) in [6.45, 7) is 6.81. The van der Waals surface area contributed by atoms with Crippen LogP contribution in [0.1, 0.15) is 20.3 Å². The summed E-state index contributed by atoms with van der Waals surface area (Å²) in [5, 5.41) is 5.32. The number of likely N-dealkylation sites (tertiary alicyclic amines) is 1. The monoisotopic (exact) mass is 347 g/mol. The normalized spacial score (nSPS) is 21.6. The van der Waals surface area contributed by atoms with Gasteiger partial charge >= 0.3 is 0 Å². The number of anilines is 1. The van der Waals surface area contributed by atoms with E-state index in [1.54, 1.807) is 12.1 Å². The third-order valence-corrected chi connectivity index (χ3v) is 4.96. The van der Waals surface area contributed by atoms with Crippen molar-refractivity contribution in [2.24, 2.45) is 11.8 Å². The van der Waals surface area contributed by atoms with Crippen LogP contribution in [0, 0.1) is 17.7 Å². The van der Waals surface area contributed by atoms with Crippen molar-refractivity contribution >= 4 is 22.4 Å². The number of nitrogens with zero attached hydrogens (tertiary/aromatic N) is 2. The van der Waals surface area contributed by atoms with E-state index in [0.717, 1.165) is 24.3 Å². The van der Waals surface area contributed by atoms with Crippen LogP contribution in [-0.2, 0) is 4.79 Å². The molecule has 24 heavy (non-hydrogen) atoms. The summed E-state index contributed by atoms with van der Waals surface area (Å²) in [4.78, 5) is 18.9. The van der Waals surface area contributed by atoms with E-state index in [-0.39, 0.29) is 11.7 Å². The molecule has 6 heteroatoms. The van der Waals surface area contributed by atoms with Crippen LogP contribution in [0.5, 0.6) is 0 Å². The first-order valence-corrected chi connectivity index (χ1v) is 9.11. The largest absolute Gasteiger partial charge is 0.301 e. The number of halogens is 1. The predicted octanol–water partition coefficient (Wildman–Crippen LogP) is 3.87. The molecule has 1 fully saturated rings. The summed E-state index contributed by atoms with van der Waals surface area (Å²) in [6.07, 6.45) is 1.23. The second kappa shape index (κ2) is 7.40. The summed E-state index contributed by atoms with van der Waals surface area (Å²) < 4.78 is 13.0. The fourth-order valence-electron chi connectivity index (χ4n) is 3.37. The van der Waals surface area contributed by atoms with Gasteiger partial charge in [-0.1, -0.05) is 13.8 Å². The Morgan fingerprint density at radius 1 is 1.29 bits per heavy atom. The van der Waals surface area contributed by atoms with E-state index in [2.05, 4.69) is 29.0 Å². The highest BCUT2D eigenvalue weighted by atomic mass is 32.1. The Morgan fingerprint density at radius 2 is 1.96 bits per heavy atom. The molecule has 0 radical (unpaired) electrons. The third kappa shape index (κ3) is 4.39. The number of amides is 1. The molecule has 1 amide bonds. The molecule has 3 rings (SSSR count). The van der Waals surface area contributed by atoms with E-state index in [9.17, 15) is 9.18 Å². The Kier molecular flexibility index (Phi) is 5.26. The maximum atomic E-state index is 13.0. The lowest BCUT2D eigenvalue weighted by Crippen LogP contribution is -2.42. The van der Waals surface area contributed by atoms with Crippen LogP contribution in [0.4, 0.5) is 9.52 Å². The summed E-state index contributed by atoms with van der Waals surface area (Å²) in [7, 11) is 0. The van der Waals surface area contributed by atoms with Gasteiger partial charge in [-0.25, -0.2) is 9.37 Å². The summed E-state index contributed by atoms with van der Waals surface area (Å²) in [5.41, 5.74) is 1.59. The van der Waals surface area contributed by atoms with Gasteiger partial charge < -0.3 is 5.32 Å². The van der Waals surface area contributed by atoms with Crippen LogP contribution < -0.4 is 5.32 Å². The minimum absolute atomic E-state index is 0.0312. The first kappa shape index (κ1) is 17.0. The van der Waals surface area contributed by atoms with Gasteiger partial charge in [0, 0.05) is 24.0 Å². The molecular weight excluding hydrogens is 325 g/mol. The number of hydrogen-bond donors (Lipinski definition) is 1. The highest BCUT2D eigenvalue weighted by Gasteiger charge is 2.23. The van der Waals surface area contributed by atoms with Gasteiger partial charge in [-0.3, -0.25) is 9.69 Å². The molecule has 2 heterocycles. The van der Waals surface area contributed by atoms with Crippen LogP contribution in [0.25, 0.3) is 11.3 Å². The van der Waals surface area contributed by atoms with Crippen LogP contribution in [0.3, 0.4) is 0 Å². The molecule has 1 N–H and O–H groups in total. The number of piperidine rings is 1. The summed E-state index contributed by atoms with van der Waals surface area (Å²) in [6, 6.07) is 6.19. The number of carbonyl (C=O) groups is 1. The molecule has 0 aliphatic carbocycles. The van der Waals surface area contributed by atoms with Gasteiger partial charge in [0.1, 0.15) is 5.82 Å². The summed E-state index contributed by atoms with van der Waals surface area (Å²) >= 11 is 1.38. The molecule has 2 aromatic rings. The van der Waals surface area contributed by atoms with Gasteiger partial charge in [0.05, 0.1) is 12.2 Å². The van der Waals surface area contributed by atoms with Gasteiger partial charge in [0.15, 0.2) is 5.13 Å². The van der Waals surface area contributed by atoms with Crippen LogP contribution in [0.15, 0.2) is 29.6 Å². The first-order chi connectivity index (χ1) is 11.5. The molecule has 1 aromatic heterocycles. The van der Waals surface area contributed by atoms with Crippen molar-refractivity contribution in [3.63, 3.8) is 0 Å². The average molecular weight is 347 g/mol. The van der Waals surface area contributed by atoms with Gasteiger partial charge in [0.2, 0.25) is 5.91 Å². The topological polar surface area (TPSA) is 45.2 Å². The molecule has 0 saturated carbocycles. The zero-order valence-corrected chi connectivity index (χ0v) is 14.8. The zero-order valence-electron chi connectivity index (χ0n) is 14.0. The van der Waals surface area contributed by atoms with Gasteiger partial charge in [0.25, 0.3) is 0 Å². The molecule has 0 bridgehead atoms. The Hall–Kier alpha value is -1.79. The second-order valence-electron chi connectivity index (χ2n) is 6.73. The second-order valence-corrected chi connectivity index (χ2v) is 7.59. The molecule has 4 nitrogen and oxygen atoms in total. The van der Waals surface area contributed by atoms with Crippen LogP contribution in [-0.4, -0.2) is 35.4 Å². The Morgan fingerprint density at radius 3 is 2.62 bits per heavy atom. The lowest BCUT2D eigenvalue weighted by atomic mass is 9.92. The average Bonchev–Trinajstić information content (AvgIpc) is 2.95. The van der Waals surface area contributed by atoms with Gasteiger partial charge in [-0.2, -0.15) is 0 Å². The van der Waals surface area contributed by atoms with E-state index >= 15 is 0 Å². The third-order valence-electron chi connectivity index (χ3n) is 4.20. The van der Waals surface area contributed by atoms with Crippen LogP contribution >= 0.6 is 11.3 Å². The highest BCUT2D eigenvalue weighted by molar-refractivity contribution is 7.14. The van der Waals surface area contributed by atoms with E-state index in [0.29, 0.717) is 23.5 Å². The van der Waals surface area contributed by atoms with E-state index in [4.69, 9.17) is 0 Å². The minimum Gasteiger partial charge on any atom is -0.301 e. The SMILES string of the molecule is CC1CC(C)CN(CC(=O)Nc2nc(-c3ccc(F)cc3)cs2)C1. The van der Waals surface area contributed by atoms with Crippen molar-refractivity contribution in [3.8, 4) is 11.3 Å². The fraction of sp³-hybridized carbons (Fsp3) is 0.444. The number of rotatable bonds is 4. The van der Waals surface area contributed by atoms with E-state index in [1.165, 1.54) is 29.9 Å². The van der Waals surface area contributed by atoms with Crippen molar-refractivity contribution in [1.82, 2.24) is 9.88 Å². The number of thiazole rings is 1. The molecule has 0 spiro atoms. The molecule has 128 valence electrons.